The summed E-state index contributed by atoms with van der Waals surface area (Å²) in [4.78, 5) is 30.3. The van der Waals surface area contributed by atoms with Crippen molar-refractivity contribution in [3.63, 3.8) is 0 Å². The van der Waals surface area contributed by atoms with Crippen LogP contribution in [0.1, 0.15) is 38.7 Å². The van der Waals surface area contributed by atoms with Crippen molar-refractivity contribution in [3.05, 3.63) is 80.5 Å². The van der Waals surface area contributed by atoms with Crippen LogP contribution >= 0.6 is 11.3 Å². The Morgan fingerprint density at radius 2 is 2.00 bits per heavy atom. The lowest BCUT2D eigenvalue weighted by Gasteiger charge is -2.00. The van der Waals surface area contributed by atoms with Gasteiger partial charge in [-0.25, -0.2) is 23.4 Å². The predicted octanol–water partition coefficient (Wildman–Crippen LogP) is 2.83. The van der Waals surface area contributed by atoms with Crippen LogP contribution in [0.3, 0.4) is 0 Å². The first kappa shape index (κ1) is 19.9. The molecule has 0 unspecified atom stereocenters. The zero-order chi connectivity index (χ0) is 21.3. The van der Waals surface area contributed by atoms with Crippen LogP contribution in [0.2, 0.25) is 0 Å². The number of hydrogen-bond acceptors (Lipinski definition) is 6. The van der Waals surface area contributed by atoms with E-state index in [4.69, 9.17) is 0 Å². The molecule has 0 bridgehead atoms. The molecule has 30 heavy (non-hydrogen) atoms. The third-order valence-electron chi connectivity index (χ3n) is 4.59. The Morgan fingerprint density at radius 3 is 2.70 bits per heavy atom. The number of aryl methyl sites for hydroxylation is 3. The number of Topliss-reactive ketones (excluding diaryl/α,β-unsaturated/α-hetero) is 1. The second-order valence-electron chi connectivity index (χ2n) is 6.94. The maximum Gasteiger partial charge on any atom is 0.352 e. The fourth-order valence-electron chi connectivity index (χ4n) is 3.04. The maximum absolute atomic E-state index is 13.1. The zero-order valence-electron chi connectivity index (χ0n) is 16.4. The third-order valence-corrected chi connectivity index (χ3v) is 5.79. The van der Waals surface area contributed by atoms with E-state index in [0.29, 0.717) is 28.5 Å². The molecule has 0 spiro atoms. The number of ketones is 1. The Balaban J connectivity index is 1.51. The zero-order valence-corrected chi connectivity index (χ0v) is 17.2. The van der Waals surface area contributed by atoms with Gasteiger partial charge in [-0.3, -0.25) is 9.89 Å². The summed E-state index contributed by atoms with van der Waals surface area (Å²) in [5.41, 5.74) is 2.74. The highest BCUT2D eigenvalue weighted by Crippen LogP contribution is 2.22. The Bertz CT molecular complexity index is 1250. The first-order valence-corrected chi connectivity index (χ1v) is 10.1. The quantitative estimate of drug-likeness (QED) is 0.458. The van der Waals surface area contributed by atoms with Gasteiger partial charge in [-0.2, -0.15) is 10.2 Å². The van der Waals surface area contributed by atoms with E-state index in [1.54, 1.807) is 19.1 Å². The molecule has 10 heteroatoms. The number of aromatic amines is 1. The average molecular weight is 426 g/mol. The molecule has 8 nitrogen and oxygen atoms in total. The minimum Gasteiger partial charge on any atom is -0.293 e. The third kappa shape index (κ3) is 4.13. The SMILES string of the molecule is Cc1cc(CCC(=O)c2sc(-n3cnn(Cc4ccc(F)cc4)c3=O)nc2C)n[nH]1. The number of carbonyl (C=O) groups excluding carboxylic acids is 1. The van der Waals surface area contributed by atoms with Crippen LogP contribution in [0.4, 0.5) is 4.39 Å². The smallest absolute Gasteiger partial charge is 0.293 e. The highest BCUT2D eigenvalue weighted by Gasteiger charge is 2.18. The van der Waals surface area contributed by atoms with Crippen molar-refractivity contribution >= 4 is 17.1 Å². The number of benzene rings is 1. The van der Waals surface area contributed by atoms with Gasteiger partial charge in [0.25, 0.3) is 0 Å². The molecule has 4 aromatic rings. The van der Waals surface area contributed by atoms with E-state index in [1.165, 1.54) is 39.0 Å². The van der Waals surface area contributed by atoms with Gasteiger partial charge < -0.3 is 0 Å². The molecule has 0 aliphatic heterocycles. The van der Waals surface area contributed by atoms with Crippen molar-refractivity contribution in [1.29, 1.82) is 0 Å². The summed E-state index contributed by atoms with van der Waals surface area (Å²) in [6, 6.07) is 7.79. The molecule has 0 saturated heterocycles. The number of rotatable bonds is 7. The molecule has 3 heterocycles. The molecule has 0 radical (unpaired) electrons. The van der Waals surface area contributed by atoms with Gasteiger partial charge in [0.15, 0.2) is 10.9 Å². The summed E-state index contributed by atoms with van der Waals surface area (Å²) in [7, 11) is 0. The summed E-state index contributed by atoms with van der Waals surface area (Å²) in [5.74, 6) is -0.377. The average Bonchev–Trinajstić information content (AvgIpc) is 3.41. The summed E-state index contributed by atoms with van der Waals surface area (Å²) in [6.07, 6.45) is 2.22. The largest absolute Gasteiger partial charge is 0.352 e. The van der Waals surface area contributed by atoms with Crippen molar-refractivity contribution in [1.82, 2.24) is 29.5 Å². The Hall–Kier alpha value is -3.40. The Labute approximate surface area is 175 Å². The van der Waals surface area contributed by atoms with Crippen LogP contribution in [-0.4, -0.2) is 35.3 Å². The molecule has 154 valence electrons. The van der Waals surface area contributed by atoms with E-state index in [0.717, 1.165) is 17.0 Å². The summed E-state index contributed by atoms with van der Waals surface area (Å²) >= 11 is 1.17. The van der Waals surface area contributed by atoms with Gasteiger partial charge in [0.2, 0.25) is 0 Å². The van der Waals surface area contributed by atoms with E-state index in [9.17, 15) is 14.0 Å². The Kier molecular flexibility index (Phi) is 5.40. The monoisotopic (exact) mass is 426 g/mol. The van der Waals surface area contributed by atoms with Gasteiger partial charge in [-0.1, -0.05) is 23.5 Å². The molecule has 0 fully saturated rings. The normalized spacial score (nSPS) is 11.2. The highest BCUT2D eigenvalue weighted by atomic mass is 32.1. The van der Waals surface area contributed by atoms with Crippen LogP contribution in [0.15, 0.2) is 41.5 Å². The van der Waals surface area contributed by atoms with Crippen LogP contribution in [0.5, 0.6) is 0 Å². The second kappa shape index (κ2) is 8.15. The van der Waals surface area contributed by atoms with Crippen molar-refractivity contribution in [2.75, 3.05) is 0 Å². The molecular formula is C20H19FN6O2S. The van der Waals surface area contributed by atoms with Gasteiger partial charge >= 0.3 is 5.69 Å². The summed E-state index contributed by atoms with van der Waals surface area (Å²) in [6.45, 7) is 3.87. The number of thiazole rings is 1. The van der Waals surface area contributed by atoms with E-state index >= 15 is 0 Å². The molecule has 0 aliphatic carbocycles. The molecule has 1 N–H and O–H groups in total. The van der Waals surface area contributed by atoms with Gasteiger partial charge in [-0.05, 0) is 44.0 Å². The fourth-order valence-corrected chi connectivity index (χ4v) is 4.04. The van der Waals surface area contributed by atoms with E-state index in [1.807, 2.05) is 13.0 Å². The fraction of sp³-hybridized carbons (Fsp3) is 0.250. The van der Waals surface area contributed by atoms with Crippen molar-refractivity contribution in [3.8, 4) is 5.13 Å². The Morgan fingerprint density at radius 1 is 1.23 bits per heavy atom. The number of nitrogens with one attached hydrogen (secondary N) is 1. The highest BCUT2D eigenvalue weighted by molar-refractivity contribution is 7.16. The topological polar surface area (TPSA) is 98.5 Å². The molecule has 1 aromatic carbocycles. The van der Waals surface area contributed by atoms with E-state index < -0.39 is 0 Å². The van der Waals surface area contributed by atoms with Crippen LogP contribution < -0.4 is 5.69 Å². The predicted molar refractivity (Wildman–Crippen MR) is 110 cm³/mol. The minimum absolute atomic E-state index is 0.0383. The van der Waals surface area contributed by atoms with E-state index in [-0.39, 0.29) is 23.8 Å². The molecule has 0 amide bonds. The first-order chi connectivity index (χ1) is 14.4. The number of aromatic nitrogens is 6. The van der Waals surface area contributed by atoms with Crippen LogP contribution in [0, 0.1) is 19.7 Å². The lowest BCUT2D eigenvalue weighted by Crippen LogP contribution is -2.24. The number of H-pyrrole nitrogens is 1. The standard InChI is InChI=1S/C20H19FN6O2S/c1-12-9-16(25-24-12)7-8-17(28)18-13(2)23-19(30-18)26-11-22-27(20(26)29)10-14-3-5-15(21)6-4-14/h3-6,9,11H,7-8,10H2,1-2H3,(H,24,25). The lowest BCUT2D eigenvalue weighted by atomic mass is 10.1. The van der Waals surface area contributed by atoms with Crippen LogP contribution in [0.25, 0.3) is 5.13 Å². The first-order valence-electron chi connectivity index (χ1n) is 9.31. The number of hydrogen-bond donors (Lipinski definition) is 1. The number of carbonyl (C=O) groups is 1. The van der Waals surface area contributed by atoms with Gasteiger partial charge in [0, 0.05) is 12.1 Å². The van der Waals surface area contributed by atoms with Gasteiger partial charge in [0.05, 0.1) is 22.8 Å². The lowest BCUT2D eigenvalue weighted by molar-refractivity contribution is 0.0985. The van der Waals surface area contributed by atoms with Crippen molar-refractivity contribution in [2.45, 2.75) is 33.2 Å². The van der Waals surface area contributed by atoms with Crippen LogP contribution in [-0.2, 0) is 13.0 Å². The molecule has 3 aromatic heterocycles. The minimum atomic E-state index is -0.376. The number of nitrogens with zero attached hydrogens (tertiary/aromatic N) is 5. The van der Waals surface area contributed by atoms with Crippen molar-refractivity contribution in [2.24, 2.45) is 0 Å². The second-order valence-corrected chi connectivity index (χ2v) is 7.92. The summed E-state index contributed by atoms with van der Waals surface area (Å²) < 4.78 is 15.6. The van der Waals surface area contributed by atoms with E-state index in [2.05, 4.69) is 20.3 Å². The molecule has 0 aliphatic rings. The molecule has 4 rings (SSSR count). The van der Waals surface area contributed by atoms with Gasteiger partial charge in [0.1, 0.15) is 12.1 Å². The van der Waals surface area contributed by atoms with Crippen molar-refractivity contribution < 1.29 is 9.18 Å². The molecule has 0 saturated carbocycles. The molecule has 0 atom stereocenters. The summed E-state index contributed by atoms with van der Waals surface area (Å²) in [5, 5.41) is 11.5. The molecular weight excluding hydrogens is 407 g/mol. The maximum atomic E-state index is 13.1. The number of halogens is 1. The van der Waals surface area contributed by atoms with Gasteiger partial charge in [-0.15, -0.1) is 0 Å².